The molecule has 0 aliphatic carbocycles. The van der Waals surface area contributed by atoms with E-state index in [2.05, 4.69) is 0 Å². The van der Waals surface area contributed by atoms with E-state index in [1.807, 2.05) is 0 Å². The second-order valence-corrected chi connectivity index (χ2v) is 0.791. The first-order chi connectivity index (χ1) is 1.41. The van der Waals surface area contributed by atoms with Gasteiger partial charge in [0.25, 0.3) is 0 Å². The van der Waals surface area contributed by atoms with Crippen molar-refractivity contribution in [1.82, 2.24) is 0 Å². The van der Waals surface area contributed by atoms with Crippen LogP contribution in [0.25, 0.3) is 0 Å². The molecule has 2 nitrogen and oxygen atoms in total. The molecule has 0 rings (SSSR count). The van der Waals surface area contributed by atoms with Gasteiger partial charge in [-0.05, 0) is 0 Å². The van der Waals surface area contributed by atoms with Crippen molar-refractivity contribution < 1.29 is 5.48 Å². The van der Waals surface area contributed by atoms with Gasteiger partial charge in [0.1, 0.15) is 0 Å². The molecule has 0 heterocycles. The minimum Gasteiger partial charge on any atom is -0.412 e. The van der Waals surface area contributed by atoms with Gasteiger partial charge >= 0.3 is 32.0 Å². The zero-order valence-electron chi connectivity index (χ0n) is 1.99. The molecule has 0 aromatic heterocycles. The Hall–Kier alpha value is 0.420. The Morgan fingerprint density at radius 1 is 1.75 bits per heavy atom. The smallest absolute Gasteiger partial charge is 0.412 e. The van der Waals surface area contributed by atoms with E-state index in [1.165, 1.54) is 4.26 Å². The van der Waals surface area contributed by atoms with E-state index in [1.54, 1.807) is 22.3 Å². The molecule has 1 radical (unpaired) electrons. The monoisotopic (exact) mass is 176 g/mol. The van der Waals surface area contributed by atoms with E-state index >= 15 is 0 Å². The van der Waals surface area contributed by atoms with Gasteiger partial charge < -0.3 is 5.48 Å². The van der Waals surface area contributed by atoms with Gasteiger partial charge in [-0.3, -0.25) is 0 Å². The van der Waals surface area contributed by atoms with Crippen LogP contribution in [0.5, 0.6) is 0 Å². The van der Waals surface area contributed by atoms with Crippen molar-refractivity contribution >= 4 is 26.6 Å². The molecule has 0 unspecified atom stereocenters. The van der Waals surface area contributed by atoms with Gasteiger partial charge in [0.15, 0.2) is 0 Å². The summed E-state index contributed by atoms with van der Waals surface area (Å²) in [5, 5.41) is 6.09. The van der Waals surface area contributed by atoms with Crippen molar-refractivity contribution in [1.29, 1.82) is 5.41 Å². The molecule has 3 N–H and O–H groups in total. The Morgan fingerprint density at radius 3 is 1.75 bits per heavy atom. The van der Waals surface area contributed by atoms with Crippen LogP contribution in [0, 0.1) is 5.41 Å². The molecule has 0 aliphatic rings. The normalized spacial score (nSPS) is 3.00. The molecule has 0 atom stereocenters. The van der Waals surface area contributed by atoms with Gasteiger partial charge in [0.2, 0.25) is 0 Å². The summed E-state index contributed by atoms with van der Waals surface area (Å²) in [4.78, 5) is 0. The van der Waals surface area contributed by atoms with Gasteiger partial charge in [-0.25, -0.2) is 0 Å². The second-order valence-electron chi connectivity index (χ2n) is 0.118. The van der Waals surface area contributed by atoms with E-state index in [4.69, 9.17) is 5.41 Å². The van der Waals surface area contributed by atoms with Crippen LogP contribution in [0.4, 0.5) is 0 Å². The largest absolute Gasteiger partial charge is 0.412 e. The molecule has 0 aromatic rings. The SMILES string of the molecule is N=C[Te].O. The predicted molar refractivity (Wildman–Crippen MR) is 18.2 cm³/mol. The molecular formula is CH4NOTe. The molecule has 0 aromatic carbocycles. The molecule has 3 heteroatoms. The quantitative estimate of drug-likeness (QED) is 0.359. The minimum atomic E-state index is 0. The third kappa shape index (κ3) is 27.7. The van der Waals surface area contributed by atoms with Crippen LogP contribution in [0.3, 0.4) is 0 Å². The van der Waals surface area contributed by atoms with Crippen LogP contribution in [0.2, 0.25) is 0 Å². The summed E-state index contributed by atoms with van der Waals surface area (Å²) in [6, 6.07) is 0. The summed E-state index contributed by atoms with van der Waals surface area (Å²) >= 11 is 1.61. The third-order valence-corrected chi connectivity index (χ3v) is 0. The Kier molecular flexibility index (Phi) is 21.9. The summed E-state index contributed by atoms with van der Waals surface area (Å²) in [6.45, 7) is 0. The number of hydrogen-bond donors (Lipinski definition) is 1. The molecule has 0 bridgehead atoms. The van der Waals surface area contributed by atoms with Crippen LogP contribution >= 0.6 is 0 Å². The fraction of sp³-hybridized carbons (Fsp3) is 0. The Morgan fingerprint density at radius 2 is 1.75 bits per heavy atom. The van der Waals surface area contributed by atoms with Gasteiger partial charge in [-0.15, -0.1) is 0 Å². The van der Waals surface area contributed by atoms with Crippen molar-refractivity contribution in [3.63, 3.8) is 0 Å². The van der Waals surface area contributed by atoms with Crippen molar-refractivity contribution in [3.8, 4) is 0 Å². The zero-order valence-corrected chi connectivity index (χ0v) is 4.32. The molecule has 25 valence electrons. The standard InChI is InChI=1S/CH2NTe.H2O/c2-1-3;/h1-2H;1H2. The first-order valence-corrected chi connectivity index (χ1v) is 1.87. The van der Waals surface area contributed by atoms with Gasteiger partial charge in [0.05, 0.1) is 0 Å². The predicted octanol–water partition coefficient (Wildman–Crippen LogP) is -1.06. The number of rotatable bonds is 0. The summed E-state index contributed by atoms with van der Waals surface area (Å²) in [5.74, 6) is 0. The van der Waals surface area contributed by atoms with Crippen LogP contribution in [0.15, 0.2) is 0 Å². The van der Waals surface area contributed by atoms with E-state index in [-0.39, 0.29) is 5.48 Å². The van der Waals surface area contributed by atoms with Crippen LogP contribution in [-0.4, -0.2) is 32.0 Å². The average molecular weight is 174 g/mol. The summed E-state index contributed by atoms with van der Waals surface area (Å²) in [7, 11) is 0. The van der Waals surface area contributed by atoms with Crippen molar-refractivity contribution in [2.75, 3.05) is 0 Å². The Balaban J connectivity index is 0. The number of nitrogens with one attached hydrogen (secondary N) is 1. The van der Waals surface area contributed by atoms with E-state index in [0.29, 0.717) is 0 Å². The van der Waals surface area contributed by atoms with Gasteiger partial charge in [-0.2, -0.15) is 0 Å². The van der Waals surface area contributed by atoms with Crippen molar-refractivity contribution in [2.24, 2.45) is 0 Å². The van der Waals surface area contributed by atoms with E-state index in [0.717, 1.165) is 0 Å². The van der Waals surface area contributed by atoms with Crippen molar-refractivity contribution in [2.45, 2.75) is 0 Å². The molecule has 0 amide bonds. The maximum Gasteiger partial charge on any atom is -0.412 e. The first kappa shape index (κ1) is 8.83. The maximum atomic E-state index is 6.09. The molecule has 0 saturated heterocycles. The fourth-order valence-electron chi connectivity index (χ4n) is 0. The minimum absolute atomic E-state index is 0. The van der Waals surface area contributed by atoms with Gasteiger partial charge in [-0.1, -0.05) is 0 Å². The Bertz CT molecular complexity index is 15.5. The van der Waals surface area contributed by atoms with Crippen LogP contribution in [0.1, 0.15) is 0 Å². The van der Waals surface area contributed by atoms with E-state index in [9.17, 15) is 0 Å². The molecule has 0 fully saturated rings. The zero-order chi connectivity index (χ0) is 2.71. The fourth-order valence-corrected chi connectivity index (χ4v) is 0. The number of hydrogen-bond acceptors (Lipinski definition) is 1. The van der Waals surface area contributed by atoms with Crippen LogP contribution < -0.4 is 0 Å². The van der Waals surface area contributed by atoms with E-state index < -0.39 is 0 Å². The average Bonchev–Trinajstić information content (AvgIpc) is 0.918. The second kappa shape index (κ2) is 9.93. The van der Waals surface area contributed by atoms with Crippen molar-refractivity contribution in [3.05, 3.63) is 0 Å². The molecule has 0 spiro atoms. The summed E-state index contributed by atoms with van der Waals surface area (Å²) in [6.07, 6.45) is 0. The first-order valence-electron chi connectivity index (χ1n) is 0.524. The molecular weight excluding hydrogens is 170 g/mol. The molecule has 4 heavy (non-hydrogen) atoms. The molecule has 0 aliphatic heterocycles. The maximum absolute atomic E-state index is 6.09. The third-order valence-electron chi connectivity index (χ3n) is 0. The Labute approximate surface area is 37.9 Å². The molecule has 0 saturated carbocycles. The topological polar surface area (TPSA) is 55.4 Å². The van der Waals surface area contributed by atoms with Crippen LogP contribution in [-0.2, 0) is 0 Å². The summed E-state index contributed by atoms with van der Waals surface area (Å²) < 4.78 is 1.26. The van der Waals surface area contributed by atoms with Gasteiger partial charge in [0, 0.05) is 0 Å². The summed E-state index contributed by atoms with van der Waals surface area (Å²) in [5.41, 5.74) is 0.